The van der Waals surface area contributed by atoms with Crippen molar-refractivity contribution >= 4 is 23.4 Å². The van der Waals surface area contributed by atoms with Crippen LogP contribution in [0.5, 0.6) is 0 Å². The molecule has 0 rings (SSSR count). The van der Waals surface area contributed by atoms with E-state index in [9.17, 15) is 0 Å². The van der Waals surface area contributed by atoms with Crippen LogP contribution in [0.4, 0.5) is 0 Å². The second-order valence-electron chi connectivity index (χ2n) is 0.920. The van der Waals surface area contributed by atoms with Crippen molar-refractivity contribution in [3.05, 3.63) is 23.1 Å². The molecule has 0 aromatic carbocycles. The Hall–Kier alpha value is 0.120. The molecule has 0 nitrogen and oxygen atoms in total. The van der Waals surface area contributed by atoms with Gasteiger partial charge in [0.2, 0.25) is 0 Å². The largest absolute Gasteiger partial charge is 0.129 e. The van der Waals surface area contributed by atoms with Crippen LogP contribution in [0, 0.1) is 0 Å². The number of rotatable bonds is 2. The highest BCUT2D eigenvalue weighted by Crippen LogP contribution is 2.11. The molecule has 0 fully saturated rings. The molecule has 0 unspecified atom stereocenters. The van der Waals surface area contributed by atoms with Gasteiger partial charge in [0.1, 0.15) is 0 Å². The van der Waals surface area contributed by atoms with Gasteiger partial charge < -0.3 is 0 Å². The number of halogens is 1. The normalized spacial score (nSPS) is 11.4. The van der Waals surface area contributed by atoms with E-state index in [1.165, 1.54) is 5.54 Å². The molecule has 0 spiro atoms. The Morgan fingerprint density at radius 3 is 2.43 bits per heavy atom. The summed E-state index contributed by atoms with van der Waals surface area (Å²) in [5.41, 5.74) is 1.51. The number of thioether (sulfide) groups is 1. The van der Waals surface area contributed by atoms with Crippen molar-refractivity contribution in [3.63, 3.8) is 0 Å². The maximum absolute atomic E-state index is 5.31. The van der Waals surface area contributed by atoms with Gasteiger partial charge in [0.05, 0.1) is 0 Å². The zero-order valence-electron chi connectivity index (χ0n) is 4.15. The third-order valence-electron chi connectivity index (χ3n) is 0.544. The minimum absolute atomic E-state index is 1.00. The molecule has 0 amide bonds. The SMILES string of the molecule is C=CC(=CCl)SC. The molecule has 7 heavy (non-hydrogen) atoms. The van der Waals surface area contributed by atoms with Gasteiger partial charge in [0.15, 0.2) is 0 Å². The molecular formula is C5H7ClS. The van der Waals surface area contributed by atoms with E-state index in [0.717, 1.165) is 4.91 Å². The first-order valence-electron chi connectivity index (χ1n) is 1.82. The predicted molar refractivity (Wildman–Crippen MR) is 37.6 cm³/mol. The molecular weight excluding hydrogens is 128 g/mol. The first-order chi connectivity index (χ1) is 3.35. The topological polar surface area (TPSA) is 0 Å². The van der Waals surface area contributed by atoms with E-state index in [1.807, 2.05) is 6.26 Å². The summed E-state index contributed by atoms with van der Waals surface area (Å²) in [6.45, 7) is 3.53. The van der Waals surface area contributed by atoms with Crippen molar-refractivity contribution in [3.8, 4) is 0 Å². The molecule has 0 N–H and O–H groups in total. The van der Waals surface area contributed by atoms with Gasteiger partial charge in [0.25, 0.3) is 0 Å². The van der Waals surface area contributed by atoms with Crippen LogP contribution in [0.2, 0.25) is 0 Å². The number of allylic oxidation sites excluding steroid dienone is 1. The minimum atomic E-state index is 1.00. The lowest BCUT2D eigenvalue weighted by Crippen LogP contribution is -1.58. The van der Waals surface area contributed by atoms with Crippen LogP contribution in [0.1, 0.15) is 0 Å². The Morgan fingerprint density at radius 1 is 1.86 bits per heavy atom. The number of hydrogen-bond acceptors (Lipinski definition) is 1. The van der Waals surface area contributed by atoms with Crippen molar-refractivity contribution < 1.29 is 0 Å². The van der Waals surface area contributed by atoms with E-state index < -0.39 is 0 Å². The summed E-state index contributed by atoms with van der Waals surface area (Å²) in [6, 6.07) is 0. The van der Waals surface area contributed by atoms with Crippen LogP contribution >= 0.6 is 23.4 Å². The van der Waals surface area contributed by atoms with Gasteiger partial charge in [-0.1, -0.05) is 24.3 Å². The van der Waals surface area contributed by atoms with Crippen molar-refractivity contribution in [2.75, 3.05) is 6.26 Å². The molecule has 0 saturated heterocycles. The Balaban J connectivity index is 3.60. The van der Waals surface area contributed by atoms with Crippen LogP contribution in [0.15, 0.2) is 23.1 Å². The summed E-state index contributed by atoms with van der Waals surface area (Å²) in [5.74, 6) is 0. The van der Waals surface area contributed by atoms with Crippen LogP contribution in [-0.2, 0) is 0 Å². The van der Waals surface area contributed by atoms with E-state index >= 15 is 0 Å². The Kier molecular flexibility index (Phi) is 4.36. The van der Waals surface area contributed by atoms with Crippen LogP contribution < -0.4 is 0 Å². The van der Waals surface area contributed by atoms with E-state index in [1.54, 1.807) is 17.8 Å². The molecule has 40 valence electrons. The second kappa shape index (κ2) is 4.28. The highest BCUT2D eigenvalue weighted by Gasteiger charge is 1.79. The van der Waals surface area contributed by atoms with Crippen LogP contribution in [-0.4, -0.2) is 6.26 Å². The van der Waals surface area contributed by atoms with E-state index in [0.29, 0.717) is 0 Å². The summed E-state index contributed by atoms with van der Waals surface area (Å²) in [7, 11) is 0. The second-order valence-corrected chi connectivity index (χ2v) is 2.02. The lowest BCUT2D eigenvalue weighted by Gasteiger charge is -1.86. The monoisotopic (exact) mass is 134 g/mol. The van der Waals surface area contributed by atoms with E-state index in [2.05, 4.69) is 6.58 Å². The van der Waals surface area contributed by atoms with Crippen LogP contribution in [0.25, 0.3) is 0 Å². The summed E-state index contributed by atoms with van der Waals surface area (Å²) in [6.07, 6.45) is 3.67. The fourth-order valence-corrected chi connectivity index (χ4v) is 0.785. The van der Waals surface area contributed by atoms with E-state index in [-0.39, 0.29) is 0 Å². The molecule has 0 bridgehead atoms. The Bertz CT molecular complexity index is 86.1. The first kappa shape index (κ1) is 7.12. The fourth-order valence-electron chi connectivity index (χ4n) is 0.172. The van der Waals surface area contributed by atoms with Gasteiger partial charge in [-0.15, -0.1) is 11.8 Å². The minimum Gasteiger partial charge on any atom is -0.129 e. The quantitative estimate of drug-likeness (QED) is 0.524. The lowest BCUT2D eigenvalue weighted by molar-refractivity contribution is 2.02. The third kappa shape index (κ3) is 2.77. The highest BCUT2D eigenvalue weighted by atomic mass is 35.5. The molecule has 0 aromatic heterocycles. The van der Waals surface area contributed by atoms with Gasteiger partial charge in [-0.2, -0.15) is 0 Å². The maximum Gasteiger partial charge on any atom is 0.0178 e. The van der Waals surface area contributed by atoms with Gasteiger partial charge in [-0.25, -0.2) is 0 Å². The van der Waals surface area contributed by atoms with Crippen molar-refractivity contribution in [2.24, 2.45) is 0 Å². The van der Waals surface area contributed by atoms with Gasteiger partial charge in [-0.05, 0) is 6.26 Å². The molecule has 0 heterocycles. The average molecular weight is 135 g/mol. The molecule has 0 radical (unpaired) electrons. The molecule has 2 heteroatoms. The predicted octanol–water partition coefficient (Wildman–Crippen LogP) is 2.62. The Morgan fingerprint density at radius 2 is 2.43 bits per heavy atom. The van der Waals surface area contributed by atoms with Crippen molar-refractivity contribution in [2.45, 2.75) is 0 Å². The van der Waals surface area contributed by atoms with Crippen molar-refractivity contribution in [1.29, 1.82) is 0 Å². The average Bonchev–Trinajstić information content (AvgIpc) is 1.72. The van der Waals surface area contributed by atoms with Gasteiger partial charge in [0, 0.05) is 10.4 Å². The van der Waals surface area contributed by atoms with Gasteiger partial charge in [-0.3, -0.25) is 0 Å². The summed E-state index contributed by atoms with van der Waals surface area (Å²) >= 11 is 6.89. The van der Waals surface area contributed by atoms with Crippen LogP contribution in [0.3, 0.4) is 0 Å². The number of hydrogen-bond donors (Lipinski definition) is 0. The lowest BCUT2D eigenvalue weighted by atomic mass is 10.6. The van der Waals surface area contributed by atoms with Gasteiger partial charge >= 0.3 is 0 Å². The summed E-state index contributed by atoms with van der Waals surface area (Å²) < 4.78 is 0. The maximum atomic E-state index is 5.31. The fraction of sp³-hybridized carbons (Fsp3) is 0.200. The molecule has 0 saturated carbocycles. The molecule has 0 aromatic rings. The molecule has 0 aliphatic heterocycles. The smallest absolute Gasteiger partial charge is 0.0178 e. The van der Waals surface area contributed by atoms with Crippen molar-refractivity contribution in [1.82, 2.24) is 0 Å². The highest BCUT2D eigenvalue weighted by molar-refractivity contribution is 8.02. The summed E-state index contributed by atoms with van der Waals surface area (Å²) in [5, 5.41) is 0. The molecule has 0 aliphatic carbocycles. The molecule has 0 aliphatic rings. The zero-order chi connectivity index (χ0) is 5.70. The third-order valence-corrected chi connectivity index (χ3v) is 1.66. The van der Waals surface area contributed by atoms with E-state index in [4.69, 9.17) is 11.6 Å². The summed E-state index contributed by atoms with van der Waals surface area (Å²) in [4.78, 5) is 1.00. The zero-order valence-corrected chi connectivity index (χ0v) is 5.72. The molecule has 0 atom stereocenters. The Labute approximate surface area is 53.2 Å². The first-order valence-corrected chi connectivity index (χ1v) is 3.48. The standard InChI is InChI=1S/C5H7ClS/c1-3-5(4-6)7-2/h3-4H,1H2,2H3.